The lowest BCUT2D eigenvalue weighted by Gasteiger charge is -2.32. The van der Waals surface area contributed by atoms with E-state index in [1.165, 1.54) is 0 Å². The van der Waals surface area contributed by atoms with Gasteiger partial charge in [0.2, 0.25) is 0 Å². The van der Waals surface area contributed by atoms with Crippen molar-refractivity contribution in [1.82, 2.24) is 19.7 Å². The number of hydrogen-bond acceptors (Lipinski definition) is 4. The first-order valence-corrected chi connectivity index (χ1v) is 9.37. The zero-order chi connectivity index (χ0) is 17.6. The lowest BCUT2D eigenvalue weighted by molar-refractivity contribution is -0.0225. The average molecular weight is 342 g/mol. The molecule has 134 valence electrons. The number of fused-ring (bicyclic) bond motifs is 1. The maximum Gasteiger partial charge on any atom is 0.254 e. The molecule has 1 saturated carbocycles. The summed E-state index contributed by atoms with van der Waals surface area (Å²) in [6, 6.07) is 2.22. The molecule has 0 bridgehead atoms. The first-order valence-electron chi connectivity index (χ1n) is 9.37. The van der Waals surface area contributed by atoms with Gasteiger partial charge in [-0.05, 0) is 39.2 Å². The number of amides is 1. The van der Waals surface area contributed by atoms with Crippen LogP contribution in [0.1, 0.15) is 68.0 Å². The molecule has 0 spiro atoms. The monoisotopic (exact) mass is 342 g/mol. The molecule has 4 rings (SSSR count). The number of carbonyl (C=O) groups is 1. The maximum atomic E-state index is 13.3. The van der Waals surface area contributed by atoms with Gasteiger partial charge in [-0.25, -0.2) is 9.67 Å². The number of hydrogen-bond donors (Lipinski definition) is 0. The van der Waals surface area contributed by atoms with Crippen molar-refractivity contribution >= 4 is 16.9 Å². The second kappa shape index (κ2) is 6.41. The van der Waals surface area contributed by atoms with Crippen molar-refractivity contribution in [2.24, 2.45) is 0 Å². The lowest BCUT2D eigenvalue weighted by atomic mass is 10.1. The third-order valence-electron chi connectivity index (χ3n) is 5.18. The number of pyridine rings is 1. The summed E-state index contributed by atoms with van der Waals surface area (Å²) in [6.45, 7) is 8.20. The fraction of sp³-hybridized carbons (Fsp3) is 0.632. The molecule has 0 aromatic carbocycles. The summed E-state index contributed by atoms with van der Waals surface area (Å²) in [6.07, 6.45) is 5.18. The van der Waals surface area contributed by atoms with E-state index in [-0.39, 0.29) is 18.1 Å². The van der Waals surface area contributed by atoms with E-state index in [1.807, 2.05) is 15.6 Å². The largest absolute Gasteiger partial charge is 0.375 e. The van der Waals surface area contributed by atoms with E-state index < -0.39 is 0 Å². The van der Waals surface area contributed by atoms with Gasteiger partial charge in [-0.3, -0.25) is 4.79 Å². The second-order valence-electron chi connectivity index (χ2n) is 7.44. The number of carbonyl (C=O) groups excluding carboxylic acids is 1. The molecule has 6 nitrogen and oxygen atoms in total. The first kappa shape index (κ1) is 16.5. The van der Waals surface area contributed by atoms with Crippen LogP contribution in [0, 0.1) is 0 Å². The summed E-state index contributed by atoms with van der Waals surface area (Å²) in [5.41, 5.74) is 2.62. The minimum atomic E-state index is 0.0827. The molecule has 2 aliphatic rings. The number of rotatable bonds is 4. The molecule has 0 N–H and O–H groups in total. The topological polar surface area (TPSA) is 60.2 Å². The Hall–Kier alpha value is -1.95. The Bertz CT molecular complexity index is 794. The summed E-state index contributed by atoms with van der Waals surface area (Å²) in [7, 11) is 0. The van der Waals surface area contributed by atoms with E-state index in [2.05, 4.69) is 25.9 Å². The fourth-order valence-electron chi connectivity index (χ4n) is 3.50. The minimum Gasteiger partial charge on any atom is -0.375 e. The van der Waals surface area contributed by atoms with Gasteiger partial charge in [0.05, 0.1) is 29.9 Å². The van der Waals surface area contributed by atoms with Crippen LogP contribution >= 0.6 is 0 Å². The molecule has 1 aliphatic carbocycles. The van der Waals surface area contributed by atoms with Crippen LogP contribution in [0.4, 0.5) is 0 Å². The Morgan fingerprint density at radius 1 is 1.40 bits per heavy atom. The fourth-order valence-corrected chi connectivity index (χ4v) is 3.50. The standard InChI is InChI=1S/C19H26N4O2/c1-4-14-11-22(7-8-25-14)19(24)15-9-17(13-5-6-13)21-18-16(15)10-20-23(18)12(2)3/h9-10,12-14H,4-8,11H2,1-3H3. The molecule has 2 aromatic heterocycles. The first-order chi connectivity index (χ1) is 12.1. The van der Waals surface area contributed by atoms with Crippen molar-refractivity contribution in [3.8, 4) is 0 Å². The van der Waals surface area contributed by atoms with E-state index in [9.17, 15) is 4.79 Å². The van der Waals surface area contributed by atoms with Crippen molar-refractivity contribution in [3.63, 3.8) is 0 Å². The van der Waals surface area contributed by atoms with E-state index in [0.29, 0.717) is 25.6 Å². The molecule has 6 heteroatoms. The van der Waals surface area contributed by atoms with Gasteiger partial charge < -0.3 is 9.64 Å². The highest BCUT2D eigenvalue weighted by atomic mass is 16.5. The van der Waals surface area contributed by atoms with E-state index >= 15 is 0 Å². The molecule has 1 amide bonds. The van der Waals surface area contributed by atoms with E-state index in [1.54, 1.807) is 6.20 Å². The highest BCUT2D eigenvalue weighted by molar-refractivity contribution is 6.05. The highest BCUT2D eigenvalue weighted by Crippen LogP contribution is 2.40. The van der Waals surface area contributed by atoms with Crippen molar-refractivity contribution in [1.29, 1.82) is 0 Å². The van der Waals surface area contributed by atoms with Crippen molar-refractivity contribution in [2.75, 3.05) is 19.7 Å². The number of ether oxygens (including phenoxy) is 1. The van der Waals surface area contributed by atoms with Gasteiger partial charge in [0, 0.05) is 30.7 Å². The third kappa shape index (κ3) is 3.03. The summed E-state index contributed by atoms with van der Waals surface area (Å²) in [5, 5.41) is 5.36. The lowest BCUT2D eigenvalue weighted by Crippen LogP contribution is -2.45. The van der Waals surface area contributed by atoms with Crippen LogP contribution in [0.2, 0.25) is 0 Å². The van der Waals surface area contributed by atoms with Gasteiger partial charge in [0.25, 0.3) is 5.91 Å². The van der Waals surface area contributed by atoms with Crippen LogP contribution in [-0.2, 0) is 4.74 Å². The summed E-state index contributed by atoms with van der Waals surface area (Å²) in [5.74, 6) is 0.582. The zero-order valence-corrected chi connectivity index (χ0v) is 15.2. The molecule has 2 fully saturated rings. The Morgan fingerprint density at radius 3 is 2.88 bits per heavy atom. The second-order valence-corrected chi connectivity index (χ2v) is 7.44. The Kier molecular flexibility index (Phi) is 4.23. The van der Waals surface area contributed by atoms with E-state index in [4.69, 9.17) is 9.72 Å². The molecule has 3 heterocycles. The molecule has 1 saturated heterocycles. The van der Waals surface area contributed by atoms with Crippen LogP contribution in [-0.4, -0.2) is 51.4 Å². The normalized spacial score (nSPS) is 21.3. The Labute approximate surface area is 148 Å². The van der Waals surface area contributed by atoms with Crippen LogP contribution in [0.3, 0.4) is 0 Å². The van der Waals surface area contributed by atoms with Gasteiger partial charge in [0.15, 0.2) is 5.65 Å². The van der Waals surface area contributed by atoms with Gasteiger partial charge in [-0.1, -0.05) is 6.92 Å². The van der Waals surface area contributed by atoms with Gasteiger partial charge >= 0.3 is 0 Å². The van der Waals surface area contributed by atoms with E-state index in [0.717, 1.165) is 41.6 Å². The summed E-state index contributed by atoms with van der Waals surface area (Å²) in [4.78, 5) is 20.0. The van der Waals surface area contributed by atoms with Crippen LogP contribution in [0.15, 0.2) is 12.3 Å². The van der Waals surface area contributed by atoms with Crippen molar-refractivity contribution in [3.05, 3.63) is 23.5 Å². The minimum absolute atomic E-state index is 0.0827. The smallest absolute Gasteiger partial charge is 0.254 e. The SMILES string of the molecule is CCC1CN(C(=O)c2cc(C3CC3)nc3c2cnn3C(C)C)CCO1. The van der Waals surface area contributed by atoms with Gasteiger partial charge in [-0.15, -0.1) is 0 Å². The predicted octanol–water partition coefficient (Wildman–Crippen LogP) is 3.14. The quantitative estimate of drug-likeness (QED) is 0.856. The Morgan fingerprint density at radius 2 is 2.20 bits per heavy atom. The van der Waals surface area contributed by atoms with Crippen molar-refractivity contribution in [2.45, 2.75) is 58.1 Å². The molecule has 25 heavy (non-hydrogen) atoms. The molecule has 1 atom stereocenters. The summed E-state index contributed by atoms with van der Waals surface area (Å²) >= 11 is 0. The molecular weight excluding hydrogens is 316 g/mol. The van der Waals surface area contributed by atoms with Crippen molar-refractivity contribution < 1.29 is 9.53 Å². The zero-order valence-electron chi connectivity index (χ0n) is 15.2. The van der Waals surface area contributed by atoms with Crippen LogP contribution < -0.4 is 0 Å². The highest BCUT2D eigenvalue weighted by Gasteiger charge is 2.30. The number of nitrogens with zero attached hydrogens (tertiary/aromatic N) is 4. The maximum absolute atomic E-state index is 13.3. The average Bonchev–Trinajstić information content (AvgIpc) is 3.39. The van der Waals surface area contributed by atoms with Gasteiger partial charge in [-0.2, -0.15) is 5.10 Å². The molecule has 1 aliphatic heterocycles. The molecular formula is C19H26N4O2. The van der Waals surface area contributed by atoms with Crippen LogP contribution in [0.25, 0.3) is 11.0 Å². The molecule has 1 unspecified atom stereocenters. The molecule has 2 aromatic rings. The predicted molar refractivity (Wildman–Crippen MR) is 95.8 cm³/mol. The number of morpholine rings is 1. The number of aromatic nitrogens is 3. The summed E-state index contributed by atoms with van der Waals surface area (Å²) < 4.78 is 7.64. The Balaban J connectivity index is 1.76. The molecule has 0 radical (unpaired) electrons. The third-order valence-corrected chi connectivity index (χ3v) is 5.18. The van der Waals surface area contributed by atoms with Crippen LogP contribution in [0.5, 0.6) is 0 Å². The van der Waals surface area contributed by atoms with Gasteiger partial charge in [0.1, 0.15) is 0 Å².